The van der Waals surface area contributed by atoms with Crippen LogP contribution in [0.2, 0.25) is 0 Å². The van der Waals surface area contributed by atoms with Gasteiger partial charge in [0.1, 0.15) is 5.76 Å². The zero-order valence-electron chi connectivity index (χ0n) is 8.81. The van der Waals surface area contributed by atoms with E-state index in [0.29, 0.717) is 11.3 Å². The second-order valence-corrected chi connectivity index (χ2v) is 5.39. The molecule has 0 bridgehead atoms. The number of alkyl halides is 3. The lowest BCUT2D eigenvalue weighted by atomic mass is 10.2. The van der Waals surface area contributed by atoms with E-state index in [1.165, 1.54) is 18.4 Å². The Hall–Kier alpha value is -1.76. The Bertz CT molecular complexity index is 625. The molecule has 0 aliphatic heterocycles. The van der Waals surface area contributed by atoms with Crippen molar-refractivity contribution in [1.29, 1.82) is 0 Å². The van der Waals surface area contributed by atoms with Crippen LogP contribution in [0.25, 0.3) is 11.3 Å². The first-order valence-corrected chi connectivity index (χ1v) is 6.26. The highest BCUT2D eigenvalue weighted by molar-refractivity contribution is 7.92. The van der Waals surface area contributed by atoms with Gasteiger partial charge >= 0.3 is 5.51 Å². The number of sulfone groups is 1. The molecule has 0 radical (unpaired) electrons. The summed E-state index contributed by atoms with van der Waals surface area (Å²) in [6.45, 7) is 0. The molecule has 0 fully saturated rings. The highest BCUT2D eigenvalue weighted by Crippen LogP contribution is 2.31. The summed E-state index contributed by atoms with van der Waals surface area (Å²) in [5.41, 5.74) is -4.79. The number of hydrogen-bond acceptors (Lipinski definition) is 3. The predicted octanol–water partition coefficient (Wildman–Crippen LogP) is 3.24. The van der Waals surface area contributed by atoms with Crippen LogP contribution in [0.1, 0.15) is 0 Å². The van der Waals surface area contributed by atoms with E-state index in [9.17, 15) is 21.6 Å². The predicted molar refractivity (Wildman–Crippen MR) is 57.4 cm³/mol. The topological polar surface area (TPSA) is 47.3 Å². The van der Waals surface area contributed by atoms with Crippen LogP contribution >= 0.6 is 0 Å². The van der Waals surface area contributed by atoms with Gasteiger partial charge in [0, 0.05) is 5.56 Å². The Morgan fingerprint density at radius 3 is 2.06 bits per heavy atom. The van der Waals surface area contributed by atoms with E-state index >= 15 is 0 Å². The molecule has 0 amide bonds. The molecule has 0 aliphatic rings. The molecule has 0 N–H and O–H groups in total. The molecule has 1 aromatic carbocycles. The molecule has 0 saturated carbocycles. The zero-order chi connectivity index (χ0) is 13.4. The number of hydrogen-bond donors (Lipinski definition) is 0. The van der Waals surface area contributed by atoms with Gasteiger partial charge in [-0.3, -0.25) is 0 Å². The van der Waals surface area contributed by atoms with Gasteiger partial charge in [0.25, 0.3) is 9.84 Å². The Kier molecular flexibility index (Phi) is 2.94. The second kappa shape index (κ2) is 4.16. The molecule has 0 spiro atoms. The Labute approximate surface area is 101 Å². The average Bonchev–Trinajstić information content (AvgIpc) is 2.81. The molecular weight excluding hydrogens is 269 g/mol. The van der Waals surface area contributed by atoms with E-state index in [0.717, 1.165) is 12.1 Å². The number of rotatable bonds is 2. The van der Waals surface area contributed by atoms with Gasteiger partial charge < -0.3 is 4.42 Å². The number of benzene rings is 1. The first-order chi connectivity index (χ1) is 8.32. The SMILES string of the molecule is O=S(=O)(c1ccc(-c2ccco2)cc1)C(F)(F)F. The van der Waals surface area contributed by atoms with E-state index in [-0.39, 0.29) is 0 Å². The van der Waals surface area contributed by atoms with Crippen molar-refractivity contribution in [2.24, 2.45) is 0 Å². The monoisotopic (exact) mass is 276 g/mol. The fraction of sp³-hybridized carbons (Fsp3) is 0.0909. The van der Waals surface area contributed by atoms with Crippen molar-refractivity contribution < 1.29 is 26.0 Å². The summed E-state index contributed by atoms with van der Waals surface area (Å²) < 4.78 is 64.1. The van der Waals surface area contributed by atoms with Crippen molar-refractivity contribution in [3.05, 3.63) is 42.7 Å². The van der Waals surface area contributed by atoms with Gasteiger partial charge in [-0.2, -0.15) is 13.2 Å². The molecule has 0 aliphatic carbocycles. The minimum atomic E-state index is -5.29. The first kappa shape index (κ1) is 12.7. The van der Waals surface area contributed by atoms with E-state index in [2.05, 4.69) is 0 Å². The van der Waals surface area contributed by atoms with Gasteiger partial charge in [0.15, 0.2) is 0 Å². The van der Waals surface area contributed by atoms with Crippen molar-refractivity contribution in [3.8, 4) is 11.3 Å². The van der Waals surface area contributed by atoms with E-state index < -0.39 is 20.2 Å². The molecular formula is C11H7F3O3S. The summed E-state index contributed by atoms with van der Waals surface area (Å²) in [5, 5.41) is 0. The van der Waals surface area contributed by atoms with E-state index in [4.69, 9.17) is 4.42 Å². The minimum Gasteiger partial charge on any atom is -0.464 e. The third-order valence-electron chi connectivity index (χ3n) is 2.28. The van der Waals surface area contributed by atoms with Gasteiger partial charge in [-0.15, -0.1) is 0 Å². The maximum absolute atomic E-state index is 12.3. The van der Waals surface area contributed by atoms with Crippen LogP contribution in [0.4, 0.5) is 13.2 Å². The van der Waals surface area contributed by atoms with Gasteiger partial charge in [-0.25, -0.2) is 8.42 Å². The van der Waals surface area contributed by atoms with Gasteiger partial charge in [-0.1, -0.05) is 0 Å². The van der Waals surface area contributed by atoms with Crippen LogP contribution in [0.15, 0.2) is 52.0 Å². The smallest absolute Gasteiger partial charge is 0.464 e. The van der Waals surface area contributed by atoms with Gasteiger partial charge in [0.2, 0.25) is 0 Å². The van der Waals surface area contributed by atoms with Gasteiger partial charge in [0.05, 0.1) is 11.2 Å². The molecule has 2 rings (SSSR count). The number of furan rings is 1. The maximum Gasteiger partial charge on any atom is 0.501 e. The molecule has 0 unspecified atom stereocenters. The fourth-order valence-electron chi connectivity index (χ4n) is 1.37. The summed E-state index contributed by atoms with van der Waals surface area (Å²) in [5.74, 6) is 0.450. The quantitative estimate of drug-likeness (QED) is 0.846. The number of halogens is 3. The molecule has 18 heavy (non-hydrogen) atoms. The third kappa shape index (κ3) is 2.13. The fourth-order valence-corrected chi connectivity index (χ4v) is 2.14. The maximum atomic E-state index is 12.3. The van der Waals surface area contributed by atoms with Crippen molar-refractivity contribution >= 4 is 9.84 Å². The first-order valence-electron chi connectivity index (χ1n) is 4.78. The molecule has 96 valence electrons. The average molecular weight is 276 g/mol. The highest BCUT2D eigenvalue weighted by Gasteiger charge is 2.46. The van der Waals surface area contributed by atoms with E-state index in [1.54, 1.807) is 12.1 Å². The van der Waals surface area contributed by atoms with Crippen LogP contribution < -0.4 is 0 Å². The summed E-state index contributed by atoms with van der Waals surface area (Å²) in [6, 6.07) is 7.57. The molecule has 2 aromatic rings. The third-order valence-corrected chi connectivity index (χ3v) is 3.78. The second-order valence-electron chi connectivity index (χ2n) is 3.45. The van der Waals surface area contributed by atoms with Crippen molar-refractivity contribution in [2.45, 2.75) is 10.4 Å². The summed E-state index contributed by atoms with van der Waals surface area (Å²) in [6.07, 6.45) is 1.41. The molecule has 3 nitrogen and oxygen atoms in total. The summed E-state index contributed by atoms with van der Waals surface area (Å²) in [4.78, 5) is -0.787. The lowest BCUT2D eigenvalue weighted by molar-refractivity contribution is -0.0436. The van der Waals surface area contributed by atoms with E-state index in [1.807, 2.05) is 0 Å². The highest BCUT2D eigenvalue weighted by atomic mass is 32.2. The van der Waals surface area contributed by atoms with Crippen molar-refractivity contribution in [2.75, 3.05) is 0 Å². The molecule has 1 heterocycles. The van der Waals surface area contributed by atoms with Crippen LogP contribution in [-0.4, -0.2) is 13.9 Å². The summed E-state index contributed by atoms with van der Waals surface area (Å²) >= 11 is 0. The van der Waals surface area contributed by atoms with Crippen LogP contribution in [0.5, 0.6) is 0 Å². The lowest BCUT2D eigenvalue weighted by Gasteiger charge is -2.08. The van der Waals surface area contributed by atoms with Crippen LogP contribution in [-0.2, 0) is 9.84 Å². The van der Waals surface area contributed by atoms with Gasteiger partial charge in [-0.05, 0) is 36.4 Å². The Morgan fingerprint density at radius 1 is 1.00 bits per heavy atom. The summed E-state index contributed by atoms with van der Waals surface area (Å²) in [7, 11) is -5.29. The lowest BCUT2D eigenvalue weighted by Crippen LogP contribution is -2.23. The molecule has 0 atom stereocenters. The minimum absolute atomic E-state index is 0.450. The Morgan fingerprint density at radius 2 is 1.61 bits per heavy atom. The zero-order valence-corrected chi connectivity index (χ0v) is 9.62. The molecule has 1 aromatic heterocycles. The molecule has 0 saturated heterocycles. The van der Waals surface area contributed by atoms with Crippen molar-refractivity contribution in [1.82, 2.24) is 0 Å². The van der Waals surface area contributed by atoms with Crippen LogP contribution in [0, 0.1) is 0 Å². The largest absolute Gasteiger partial charge is 0.501 e. The van der Waals surface area contributed by atoms with Crippen LogP contribution in [0.3, 0.4) is 0 Å². The Balaban J connectivity index is 2.40. The molecule has 7 heteroatoms. The standard InChI is InChI=1S/C11H7F3O3S/c12-11(13,14)18(15,16)9-5-3-8(4-6-9)10-2-1-7-17-10/h1-7H. The van der Waals surface area contributed by atoms with Crippen molar-refractivity contribution in [3.63, 3.8) is 0 Å². The normalized spacial score (nSPS) is 12.6.